The maximum absolute atomic E-state index is 11.9. The molecule has 0 aliphatic carbocycles. The van der Waals surface area contributed by atoms with Gasteiger partial charge < -0.3 is 29.9 Å². The molecule has 0 aromatic carbocycles. The Morgan fingerprint density at radius 3 is 2.25 bits per heavy atom. The van der Waals surface area contributed by atoms with Crippen molar-refractivity contribution in [2.75, 3.05) is 39.3 Å². The van der Waals surface area contributed by atoms with Crippen LogP contribution >= 0.6 is 0 Å². The maximum Gasteiger partial charge on any atom is 1.00 e. The van der Waals surface area contributed by atoms with Crippen LogP contribution in [-0.2, 0) is 14.4 Å². The molecule has 28 heavy (non-hydrogen) atoms. The van der Waals surface area contributed by atoms with Gasteiger partial charge in [-0.1, -0.05) is 19.1 Å². The van der Waals surface area contributed by atoms with Crippen LogP contribution in [0, 0.1) is 11.8 Å². The SMILES string of the molecule is C/C=C/CCCC(=O)NCC[N+](CCO)(CC(C)C(=O)[O-])CC(C)C(=O)O.[K+]. The molecule has 3 N–H and O–H groups in total. The van der Waals surface area contributed by atoms with E-state index in [1.54, 1.807) is 6.92 Å². The second-order valence-electron chi connectivity index (χ2n) is 7.15. The summed E-state index contributed by atoms with van der Waals surface area (Å²) in [5.41, 5.74) is 0. The molecule has 3 atom stereocenters. The number of aliphatic hydroxyl groups is 1. The number of aliphatic hydroxyl groups excluding tert-OH is 1. The Balaban J connectivity index is 0. The van der Waals surface area contributed by atoms with E-state index in [0.717, 1.165) is 12.8 Å². The minimum atomic E-state index is -1.22. The molecule has 0 saturated carbocycles. The number of amides is 1. The van der Waals surface area contributed by atoms with Gasteiger partial charge in [-0.25, -0.2) is 0 Å². The van der Waals surface area contributed by atoms with E-state index in [2.05, 4.69) is 5.32 Å². The molecule has 0 spiro atoms. The van der Waals surface area contributed by atoms with Crippen molar-refractivity contribution in [3.63, 3.8) is 0 Å². The van der Waals surface area contributed by atoms with Crippen molar-refractivity contribution in [3.8, 4) is 0 Å². The molecular formula is C19H34KN2O6+. The molecule has 8 nitrogen and oxygen atoms in total. The van der Waals surface area contributed by atoms with Gasteiger partial charge in [0.15, 0.2) is 0 Å². The first kappa shape index (κ1) is 29.9. The van der Waals surface area contributed by atoms with Crippen LogP contribution in [0.1, 0.15) is 40.0 Å². The summed E-state index contributed by atoms with van der Waals surface area (Å²) in [7, 11) is 0. The summed E-state index contributed by atoms with van der Waals surface area (Å²) in [6, 6.07) is 0. The van der Waals surface area contributed by atoms with Gasteiger partial charge in [0, 0.05) is 18.3 Å². The van der Waals surface area contributed by atoms with Crippen LogP contribution in [0.25, 0.3) is 0 Å². The van der Waals surface area contributed by atoms with E-state index in [1.165, 1.54) is 6.92 Å². The molecule has 0 aliphatic heterocycles. The summed E-state index contributed by atoms with van der Waals surface area (Å²) < 4.78 is 0.0952. The first-order valence-corrected chi connectivity index (χ1v) is 9.45. The largest absolute Gasteiger partial charge is 1.00 e. The number of carbonyl (C=O) groups is 3. The van der Waals surface area contributed by atoms with Gasteiger partial charge in [0.1, 0.15) is 12.5 Å². The van der Waals surface area contributed by atoms with Gasteiger partial charge in [-0.3, -0.25) is 9.59 Å². The Morgan fingerprint density at radius 2 is 1.75 bits per heavy atom. The smallest absolute Gasteiger partial charge is 0.550 e. The van der Waals surface area contributed by atoms with Gasteiger partial charge in [-0.2, -0.15) is 0 Å². The van der Waals surface area contributed by atoms with E-state index in [9.17, 15) is 29.7 Å². The fourth-order valence-corrected chi connectivity index (χ4v) is 3.15. The van der Waals surface area contributed by atoms with Crippen molar-refractivity contribution in [3.05, 3.63) is 12.2 Å². The van der Waals surface area contributed by atoms with Crippen molar-refractivity contribution < 1.29 is 85.6 Å². The minimum absolute atomic E-state index is 0. The van der Waals surface area contributed by atoms with Gasteiger partial charge in [-0.05, 0) is 26.7 Å². The van der Waals surface area contributed by atoms with Crippen LogP contribution in [0.4, 0.5) is 0 Å². The molecule has 0 bridgehead atoms. The standard InChI is InChI=1S/C19H34N2O6.K/c1-4-5-6-7-8-17(23)20-9-10-21(11-12-22,13-15(2)18(24)25)14-16(3)19(26)27;/h4-5,15-16,22H,6-14H2,1-3H3,(H2-,20,23,24,25,26,27);/q;+1/b5-4+;. The quantitative estimate of drug-likeness (QED) is 0.110. The van der Waals surface area contributed by atoms with E-state index in [1.807, 2.05) is 19.1 Å². The van der Waals surface area contributed by atoms with E-state index in [-0.39, 0.29) is 94.6 Å². The molecule has 0 aliphatic rings. The Kier molecular flexibility index (Phi) is 17.6. The van der Waals surface area contributed by atoms with Crippen LogP contribution in [0.2, 0.25) is 0 Å². The van der Waals surface area contributed by atoms with Crippen molar-refractivity contribution in [2.45, 2.75) is 40.0 Å². The molecule has 0 rings (SSSR count). The molecule has 0 saturated heterocycles. The van der Waals surface area contributed by atoms with Gasteiger partial charge in [0.25, 0.3) is 0 Å². The van der Waals surface area contributed by atoms with E-state index < -0.39 is 23.8 Å². The number of carboxylic acid groups (broad SMARTS) is 2. The summed E-state index contributed by atoms with van der Waals surface area (Å²) in [6.45, 7) is 5.93. The molecule has 3 unspecified atom stereocenters. The molecule has 9 heteroatoms. The van der Waals surface area contributed by atoms with Crippen LogP contribution in [0.15, 0.2) is 12.2 Å². The summed E-state index contributed by atoms with van der Waals surface area (Å²) in [6.07, 6.45) is 5.88. The van der Waals surface area contributed by atoms with Gasteiger partial charge in [0.05, 0.1) is 32.8 Å². The number of carboxylic acids is 2. The topological polar surface area (TPSA) is 127 Å². The summed E-state index contributed by atoms with van der Waals surface area (Å²) >= 11 is 0. The molecule has 0 radical (unpaired) electrons. The first-order valence-electron chi connectivity index (χ1n) is 9.45. The predicted molar refractivity (Wildman–Crippen MR) is 99.5 cm³/mol. The van der Waals surface area contributed by atoms with Gasteiger partial charge in [-0.15, -0.1) is 0 Å². The van der Waals surface area contributed by atoms with E-state index in [4.69, 9.17) is 0 Å². The number of hydrogen-bond acceptors (Lipinski definition) is 5. The van der Waals surface area contributed by atoms with Crippen LogP contribution in [0.5, 0.6) is 0 Å². The number of unbranched alkanes of at least 4 members (excludes halogenated alkanes) is 1. The fourth-order valence-electron chi connectivity index (χ4n) is 3.15. The summed E-state index contributed by atoms with van der Waals surface area (Å²) in [4.78, 5) is 34.4. The zero-order chi connectivity index (χ0) is 20.9. The van der Waals surface area contributed by atoms with Crippen molar-refractivity contribution in [1.82, 2.24) is 5.32 Å². The number of allylic oxidation sites excluding steroid dienone is 2. The molecule has 156 valence electrons. The third-order valence-corrected chi connectivity index (χ3v) is 4.64. The van der Waals surface area contributed by atoms with Crippen LogP contribution in [0.3, 0.4) is 0 Å². The van der Waals surface area contributed by atoms with E-state index in [0.29, 0.717) is 13.0 Å². The maximum atomic E-state index is 11.9. The third kappa shape index (κ3) is 13.0. The first-order chi connectivity index (χ1) is 12.7. The number of hydrogen-bond donors (Lipinski definition) is 3. The van der Waals surface area contributed by atoms with Crippen molar-refractivity contribution >= 4 is 17.8 Å². The second-order valence-corrected chi connectivity index (χ2v) is 7.15. The molecule has 0 aromatic rings. The Morgan fingerprint density at radius 1 is 1.14 bits per heavy atom. The molecule has 0 aromatic heterocycles. The van der Waals surface area contributed by atoms with Gasteiger partial charge in [0.2, 0.25) is 5.91 Å². The second kappa shape index (κ2) is 16.5. The van der Waals surface area contributed by atoms with Crippen molar-refractivity contribution in [1.29, 1.82) is 0 Å². The van der Waals surface area contributed by atoms with Gasteiger partial charge >= 0.3 is 57.4 Å². The summed E-state index contributed by atoms with van der Waals surface area (Å²) in [5, 5.41) is 32.7. The molecular weight excluding hydrogens is 391 g/mol. The fraction of sp³-hybridized carbons (Fsp3) is 0.737. The predicted octanol–water partition coefficient (Wildman–Crippen LogP) is -3.23. The minimum Gasteiger partial charge on any atom is -0.550 e. The average Bonchev–Trinajstić information content (AvgIpc) is 2.58. The Hall–Kier alpha value is -0.294. The molecule has 0 heterocycles. The zero-order valence-electron chi connectivity index (χ0n) is 17.6. The summed E-state index contributed by atoms with van der Waals surface area (Å²) in [5.74, 6) is -3.80. The number of aliphatic carboxylic acids is 2. The third-order valence-electron chi connectivity index (χ3n) is 4.64. The Labute approximate surface area is 210 Å². The number of quaternary nitrogens is 1. The van der Waals surface area contributed by atoms with Crippen LogP contribution in [-0.4, -0.2) is 71.9 Å². The van der Waals surface area contributed by atoms with E-state index >= 15 is 0 Å². The average molecular weight is 426 g/mol. The monoisotopic (exact) mass is 425 g/mol. The van der Waals surface area contributed by atoms with Crippen LogP contribution < -0.4 is 61.8 Å². The molecule has 1 amide bonds. The van der Waals surface area contributed by atoms with Crippen molar-refractivity contribution in [2.24, 2.45) is 11.8 Å². The Bertz CT molecular complexity index is 491. The number of nitrogens with zero attached hydrogens (tertiary/aromatic N) is 1. The number of rotatable bonds is 15. The number of nitrogens with one attached hydrogen (secondary N) is 1. The normalized spacial score (nSPS) is 15.3. The molecule has 0 fully saturated rings. The zero-order valence-corrected chi connectivity index (χ0v) is 20.8. The number of carbonyl (C=O) groups excluding carboxylic acids is 2.